The van der Waals surface area contributed by atoms with Gasteiger partial charge in [0.25, 0.3) is 11.5 Å². The number of nitrogens with one attached hydrogen (secondary N) is 3. The van der Waals surface area contributed by atoms with Crippen molar-refractivity contribution in [2.75, 3.05) is 0 Å². The van der Waals surface area contributed by atoms with Crippen molar-refractivity contribution in [2.24, 2.45) is 5.92 Å². The molecule has 1 aromatic heterocycles. The molecule has 2 fully saturated rings. The van der Waals surface area contributed by atoms with Gasteiger partial charge in [0, 0.05) is 12.1 Å². The fourth-order valence-corrected chi connectivity index (χ4v) is 5.24. The molecule has 0 aliphatic heterocycles. The molecule has 2 amide bonds. The molecule has 4 N–H and O–H groups in total. The summed E-state index contributed by atoms with van der Waals surface area (Å²) >= 11 is 0. The number of benzene rings is 1. The van der Waals surface area contributed by atoms with Crippen molar-refractivity contribution in [3.05, 3.63) is 62.4 Å². The Kier molecular flexibility index (Phi) is 7.73. The Balaban J connectivity index is 1.36. The molecule has 2 aliphatic rings. The summed E-state index contributed by atoms with van der Waals surface area (Å²) in [5.41, 5.74) is -1.15. The average Bonchev–Trinajstić information content (AvgIpc) is 2.86. The summed E-state index contributed by atoms with van der Waals surface area (Å²) in [4.78, 5) is 52.6. The second kappa shape index (κ2) is 10.9. The first-order chi connectivity index (χ1) is 16.8. The maximum atomic E-state index is 12.7. The number of carbonyl (C=O) groups is 2. The predicted octanol–water partition coefficient (Wildman–Crippen LogP) is 2.39. The molecule has 0 unspecified atom stereocenters. The number of hydrogen-bond donors (Lipinski definition) is 4. The van der Waals surface area contributed by atoms with Gasteiger partial charge < -0.3 is 15.7 Å². The summed E-state index contributed by atoms with van der Waals surface area (Å²) in [6.07, 6.45) is 7.09. The minimum Gasteiger partial charge on any atom is -0.501 e. The van der Waals surface area contributed by atoms with Crippen LogP contribution < -0.4 is 21.9 Å². The molecule has 2 saturated carbocycles. The monoisotopic (exact) mass is 482 g/mol. The average molecular weight is 483 g/mol. The van der Waals surface area contributed by atoms with E-state index in [2.05, 4.69) is 34.7 Å². The summed E-state index contributed by atoms with van der Waals surface area (Å²) < 4.78 is 0.623. The van der Waals surface area contributed by atoms with Gasteiger partial charge in [-0.25, -0.2) is 9.36 Å². The van der Waals surface area contributed by atoms with Crippen molar-refractivity contribution in [1.82, 2.24) is 20.2 Å². The van der Waals surface area contributed by atoms with Crippen LogP contribution in [-0.2, 0) is 11.3 Å². The van der Waals surface area contributed by atoms with E-state index in [9.17, 15) is 24.3 Å². The van der Waals surface area contributed by atoms with E-state index in [0.29, 0.717) is 16.4 Å². The van der Waals surface area contributed by atoms with Crippen LogP contribution >= 0.6 is 0 Å². The van der Waals surface area contributed by atoms with Crippen molar-refractivity contribution in [1.29, 1.82) is 0 Å². The number of aromatic amines is 1. The lowest BCUT2D eigenvalue weighted by Gasteiger charge is -2.29. The topological polar surface area (TPSA) is 133 Å². The molecule has 0 radical (unpaired) electrons. The molecule has 1 aromatic carbocycles. The van der Waals surface area contributed by atoms with Gasteiger partial charge >= 0.3 is 5.69 Å². The molecule has 0 bridgehead atoms. The zero-order valence-electron chi connectivity index (χ0n) is 20.1. The van der Waals surface area contributed by atoms with E-state index >= 15 is 0 Å². The van der Waals surface area contributed by atoms with Crippen LogP contribution in [0.5, 0.6) is 5.75 Å². The minimum absolute atomic E-state index is 0.0177. The van der Waals surface area contributed by atoms with Crippen molar-refractivity contribution in [3.63, 3.8) is 0 Å². The van der Waals surface area contributed by atoms with E-state index in [1.54, 1.807) is 0 Å². The molecular weight excluding hydrogens is 448 g/mol. The number of amides is 2. The molecule has 0 spiro atoms. The largest absolute Gasteiger partial charge is 0.501 e. The fourth-order valence-electron chi connectivity index (χ4n) is 5.24. The maximum absolute atomic E-state index is 12.7. The predicted molar refractivity (Wildman–Crippen MR) is 131 cm³/mol. The van der Waals surface area contributed by atoms with Crippen LogP contribution in [0.15, 0.2) is 39.9 Å². The molecule has 2 aliphatic carbocycles. The Labute approximate surface area is 204 Å². The van der Waals surface area contributed by atoms with Gasteiger partial charge in [-0.3, -0.25) is 19.4 Å². The highest BCUT2D eigenvalue weighted by atomic mass is 16.3. The van der Waals surface area contributed by atoms with Gasteiger partial charge in [-0.2, -0.15) is 0 Å². The van der Waals surface area contributed by atoms with Crippen molar-refractivity contribution in [3.8, 4) is 5.75 Å². The van der Waals surface area contributed by atoms with Gasteiger partial charge in [0.1, 0.15) is 6.54 Å². The van der Waals surface area contributed by atoms with Gasteiger partial charge in [-0.1, -0.05) is 37.3 Å². The summed E-state index contributed by atoms with van der Waals surface area (Å²) in [6.45, 7) is 1.66. The van der Waals surface area contributed by atoms with Gasteiger partial charge in [-0.05, 0) is 68.8 Å². The number of hydrogen-bond acceptors (Lipinski definition) is 5. The van der Waals surface area contributed by atoms with Gasteiger partial charge in [0.15, 0.2) is 5.69 Å². The Morgan fingerprint density at radius 2 is 1.54 bits per heavy atom. The Morgan fingerprint density at radius 3 is 2.20 bits per heavy atom. The van der Waals surface area contributed by atoms with E-state index in [1.807, 2.05) is 18.2 Å². The summed E-state index contributed by atoms with van der Waals surface area (Å²) in [7, 11) is 0. The highest BCUT2D eigenvalue weighted by Crippen LogP contribution is 2.32. The Bertz CT molecular complexity index is 1160. The van der Waals surface area contributed by atoms with E-state index in [4.69, 9.17) is 0 Å². The highest BCUT2D eigenvalue weighted by molar-refractivity contribution is 5.94. The Morgan fingerprint density at radius 1 is 0.943 bits per heavy atom. The number of nitrogens with zero attached hydrogens (tertiary/aromatic N) is 1. The number of aromatic nitrogens is 2. The van der Waals surface area contributed by atoms with Crippen LogP contribution in [0.3, 0.4) is 0 Å². The first-order valence-electron chi connectivity index (χ1n) is 12.5. The molecule has 0 saturated heterocycles. The van der Waals surface area contributed by atoms with Crippen molar-refractivity contribution in [2.45, 2.75) is 82.8 Å². The van der Waals surface area contributed by atoms with Crippen molar-refractivity contribution < 1.29 is 14.7 Å². The molecule has 9 heteroatoms. The molecule has 2 aromatic rings. The third-order valence-corrected chi connectivity index (χ3v) is 7.40. The van der Waals surface area contributed by atoms with Crippen LogP contribution in [0.25, 0.3) is 0 Å². The summed E-state index contributed by atoms with van der Waals surface area (Å²) in [5.74, 6) is -0.969. The molecule has 188 valence electrons. The number of carbonyl (C=O) groups excluding carboxylic acids is 2. The van der Waals surface area contributed by atoms with Gasteiger partial charge in [0.05, 0.1) is 0 Å². The molecule has 1 heterocycles. The first-order valence-corrected chi connectivity index (χ1v) is 12.5. The maximum Gasteiger partial charge on any atom is 0.329 e. The second-order valence-electron chi connectivity index (χ2n) is 10.0. The third kappa shape index (κ3) is 6.01. The second-order valence-corrected chi connectivity index (χ2v) is 10.0. The van der Waals surface area contributed by atoms with Crippen LogP contribution in [0.4, 0.5) is 0 Å². The van der Waals surface area contributed by atoms with E-state index in [-0.39, 0.29) is 12.1 Å². The summed E-state index contributed by atoms with van der Waals surface area (Å²) in [6, 6.07) is 10.1. The highest BCUT2D eigenvalue weighted by Gasteiger charge is 2.27. The van der Waals surface area contributed by atoms with E-state index in [0.717, 1.165) is 51.4 Å². The summed E-state index contributed by atoms with van der Waals surface area (Å²) in [5, 5.41) is 16.0. The van der Waals surface area contributed by atoms with Crippen LogP contribution in [0.2, 0.25) is 0 Å². The van der Waals surface area contributed by atoms with Crippen molar-refractivity contribution >= 4 is 11.8 Å². The van der Waals surface area contributed by atoms with Crippen LogP contribution in [0.1, 0.15) is 80.3 Å². The quantitative estimate of drug-likeness (QED) is 0.502. The minimum atomic E-state index is -1.06. The van der Waals surface area contributed by atoms with Gasteiger partial charge in [-0.15, -0.1) is 0 Å². The third-order valence-electron chi connectivity index (χ3n) is 7.40. The standard InChI is InChI=1S/C26H34N4O5/c1-16-7-11-19(12-8-16)27-21(31)15-30-25(34)23(32)22(29-26(30)35)24(33)28-20-13-9-18(10-14-20)17-5-3-2-4-6-17/h2-6,16,18-20,32H,7-15H2,1H3,(H,27,31)(H,28,33)(H,29,35)/t16-,18?,19+,20?. The lowest BCUT2D eigenvalue weighted by atomic mass is 9.82. The normalized spacial score (nSPS) is 24.5. The van der Waals surface area contributed by atoms with E-state index in [1.165, 1.54) is 5.56 Å². The first kappa shape index (κ1) is 24.8. The zero-order chi connectivity index (χ0) is 24.9. The number of rotatable bonds is 6. The van der Waals surface area contributed by atoms with Crippen LogP contribution in [0, 0.1) is 5.92 Å². The lowest BCUT2D eigenvalue weighted by Crippen LogP contribution is -2.45. The molecular formula is C26H34N4O5. The Hall–Kier alpha value is -3.36. The SMILES string of the molecule is C[C@H]1CC[C@@H](NC(=O)Cn2c(=O)[nH]c(C(=O)NC3CCC(c4ccccc4)CC3)c(O)c2=O)CC1. The molecule has 35 heavy (non-hydrogen) atoms. The fraction of sp³-hybridized carbons (Fsp3) is 0.538. The smallest absolute Gasteiger partial charge is 0.329 e. The molecule has 0 atom stereocenters. The van der Waals surface area contributed by atoms with E-state index < -0.39 is 41.1 Å². The molecule has 9 nitrogen and oxygen atoms in total. The zero-order valence-corrected chi connectivity index (χ0v) is 20.1. The lowest BCUT2D eigenvalue weighted by molar-refractivity contribution is -0.122. The number of H-pyrrole nitrogens is 1. The number of aromatic hydroxyl groups is 1. The van der Waals surface area contributed by atoms with Crippen LogP contribution in [-0.4, -0.2) is 38.6 Å². The van der Waals surface area contributed by atoms with Gasteiger partial charge in [0.2, 0.25) is 11.7 Å². The molecule has 4 rings (SSSR count).